The fourth-order valence-corrected chi connectivity index (χ4v) is 3.29. The number of ether oxygens (including phenoxy) is 1. The minimum Gasteiger partial charge on any atom is -0.481 e. The number of aliphatic carboxylic acids is 1. The average molecular weight is 346 g/mol. The summed E-state index contributed by atoms with van der Waals surface area (Å²) in [5, 5.41) is 9.75. The highest BCUT2D eigenvalue weighted by atomic mass is 19.1. The second kappa shape index (κ2) is 6.66. The topological polar surface area (TPSA) is 79.7 Å². The average Bonchev–Trinajstić information content (AvgIpc) is 3.03. The Hall–Kier alpha value is -2.70. The Bertz CT molecular complexity index is 853. The molecule has 0 bridgehead atoms. The number of aromatic nitrogens is 1. The van der Waals surface area contributed by atoms with E-state index < -0.39 is 23.7 Å². The van der Waals surface area contributed by atoms with Gasteiger partial charge in [0.25, 0.3) is 0 Å². The van der Waals surface area contributed by atoms with Crippen molar-refractivity contribution < 1.29 is 23.8 Å². The number of anilines is 1. The van der Waals surface area contributed by atoms with Crippen LogP contribution in [-0.2, 0) is 9.53 Å². The minimum atomic E-state index is -0.874. The number of carbonyl (C=O) groups excluding carboxylic acids is 1. The van der Waals surface area contributed by atoms with Crippen molar-refractivity contribution in [1.29, 1.82) is 0 Å². The number of benzene rings is 1. The van der Waals surface area contributed by atoms with Crippen molar-refractivity contribution in [2.75, 3.05) is 24.6 Å². The smallest absolute Gasteiger partial charge is 0.341 e. The number of fused-ring (bicyclic) bond motifs is 1. The normalized spacial score (nSPS) is 17.1. The van der Waals surface area contributed by atoms with Crippen LogP contribution in [0.2, 0.25) is 0 Å². The van der Waals surface area contributed by atoms with Gasteiger partial charge in [0.1, 0.15) is 11.4 Å². The molecule has 2 heterocycles. The molecule has 7 heteroatoms. The molecule has 1 unspecified atom stereocenters. The molecular weight excluding hydrogens is 327 g/mol. The molecule has 1 N–H and O–H groups in total. The van der Waals surface area contributed by atoms with Gasteiger partial charge < -0.3 is 14.7 Å². The molecule has 3 rings (SSSR count). The molecule has 132 valence electrons. The monoisotopic (exact) mass is 346 g/mol. The van der Waals surface area contributed by atoms with Crippen LogP contribution < -0.4 is 4.90 Å². The highest BCUT2D eigenvalue weighted by Crippen LogP contribution is 2.35. The van der Waals surface area contributed by atoms with Crippen LogP contribution in [0.4, 0.5) is 10.1 Å². The molecule has 1 aromatic carbocycles. The summed E-state index contributed by atoms with van der Waals surface area (Å²) in [5.74, 6) is -2.37. The Morgan fingerprint density at radius 2 is 2.20 bits per heavy atom. The maximum atomic E-state index is 14.0. The van der Waals surface area contributed by atoms with E-state index >= 15 is 0 Å². The van der Waals surface area contributed by atoms with Gasteiger partial charge in [-0.25, -0.2) is 9.18 Å². The maximum absolute atomic E-state index is 14.0. The number of pyridine rings is 1. The van der Waals surface area contributed by atoms with Crippen molar-refractivity contribution in [2.45, 2.75) is 20.3 Å². The van der Waals surface area contributed by atoms with Crippen LogP contribution in [0.1, 0.15) is 29.3 Å². The lowest BCUT2D eigenvalue weighted by Crippen LogP contribution is -2.25. The Morgan fingerprint density at radius 3 is 2.84 bits per heavy atom. The SMILES string of the molecule is CCOC(=O)c1cnc2c(C)cc(F)cc2c1N1CCC(C(=O)O)C1. The van der Waals surface area contributed by atoms with Crippen LogP contribution >= 0.6 is 0 Å². The molecule has 0 spiro atoms. The summed E-state index contributed by atoms with van der Waals surface area (Å²) in [7, 11) is 0. The van der Waals surface area contributed by atoms with Gasteiger partial charge in [0.05, 0.1) is 23.7 Å². The predicted molar refractivity (Wildman–Crippen MR) is 90.4 cm³/mol. The van der Waals surface area contributed by atoms with E-state index in [1.807, 2.05) is 4.90 Å². The largest absolute Gasteiger partial charge is 0.481 e. The van der Waals surface area contributed by atoms with Gasteiger partial charge in [0.15, 0.2) is 0 Å². The molecule has 6 nitrogen and oxygen atoms in total. The number of hydrogen-bond acceptors (Lipinski definition) is 5. The molecule has 1 saturated heterocycles. The van der Waals surface area contributed by atoms with Crippen LogP contribution in [-0.4, -0.2) is 41.7 Å². The van der Waals surface area contributed by atoms with E-state index in [1.165, 1.54) is 18.3 Å². The number of nitrogens with zero attached hydrogens (tertiary/aromatic N) is 2. The van der Waals surface area contributed by atoms with Gasteiger partial charge in [-0.15, -0.1) is 0 Å². The summed E-state index contributed by atoms with van der Waals surface area (Å²) >= 11 is 0. The Balaban J connectivity index is 2.19. The predicted octanol–water partition coefficient (Wildman–Crippen LogP) is 2.77. The van der Waals surface area contributed by atoms with E-state index in [9.17, 15) is 19.1 Å². The van der Waals surface area contributed by atoms with Crippen molar-refractivity contribution in [2.24, 2.45) is 5.92 Å². The zero-order valence-corrected chi connectivity index (χ0v) is 14.1. The third-order valence-electron chi connectivity index (χ3n) is 4.45. The van der Waals surface area contributed by atoms with E-state index in [0.717, 1.165) is 0 Å². The third-order valence-corrected chi connectivity index (χ3v) is 4.45. The zero-order valence-electron chi connectivity index (χ0n) is 14.1. The van der Waals surface area contributed by atoms with Crippen LogP contribution in [0.15, 0.2) is 18.3 Å². The molecule has 1 atom stereocenters. The van der Waals surface area contributed by atoms with Gasteiger partial charge in [-0.2, -0.15) is 0 Å². The highest BCUT2D eigenvalue weighted by molar-refractivity contribution is 6.06. The quantitative estimate of drug-likeness (QED) is 0.858. The van der Waals surface area contributed by atoms with Crippen LogP contribution in [0.5, 0.6) is 0 Å². The first-order chi connectivity index (χ1) is 11.9. The molecule has 25 heavy (non-hydrogen) atoms. The second-order valence-corrected chi connectivity index (χ2v) is 6.13. The number of aryl methyl sites for hydroxylation is 1. The molecule has 1 aromatic heterocycles. The van der Waals surface area contributed by atoms with Crippen molar-refractivity contribution in [1.82, 2.24) is 4.98 Å². The van der Waals surface area contributed by atoms with Gasteiger partial charge in [-0.1, -0.05) is 0 Å². The van der Waals surface area contributed by atoms with Gasteiger partial charge in [-0.3, -0.25) is 9.78 Å². The summed E-state index contributed by atoms with van der Waals surface area (Å²) in [6.45, 7) is 4.38. The first-order valence-corrected chi connectivity index (χ1v) is 8.16. The molecule has 0 amide bonds. The van der Waals surface area contributed by atoms with Gasteiger partial charge in [-0.05, 0) is 38.0 Å². The zero-order chi connectivity index (χ0) is 18.1. The number of carboxylic acid groups (broad SMARTS) is 1. The lowest BCUT2D eigenvalue weighted by Gasteiger charge is -2.23. The summed E-state index contributed by atoms with van der Waals surface area (Å²) in [6.07, 6.45) is 1.89. The fraction of sp³-hybridized carbons (Fsp3) is 0.389. The first kappa shape index (κ1) is 17.1. The lowest BCUT2D eigenvalue weighted by atomic mass is 10.0. The Labute approximate surface area is 144 Å². The van der Waals surface area contributed by atoms with E-state index in [2.05, 4.69) is 4.98 Å². The summed E-state index contributed by atoms with van der Waals surface area (Å²) in [4.78, 5) is 29.7. The number of rotatable bonds is 4. The molecule has 0 aliphatic carbocycles. The molecule has 1 aliphatic heterocycles. The molecule has 0 radical (unpaired) electrons. The summed E-state index contributed by atoms with van der Waals surface area (Å²) in [5.41, 5.74) is 1.96. The fourth-order valence-electron chi connectivity index (χ4n) is 3.29. The van der Waals surface area contributed by atoms with E-state index in [-0.39, 0.29) is 18.7 Å². The molecule has 0 saturated carbocycles. The third kappa shape index (κ3) is 3.14. The van der Waals surface area contributed by atoms with Crippen LogP contribution in [0, 0.1) is 18.7 Å². The van der Waals surface area contributed by atoms with Gasteiger partial charge >= 0.3 is 11.9 Å². The number of hydrogen-bond donors (Lipinski definition) is 1. The van der Waals surface area contributed by atoms with E-state index in [0.29, 0.717) is 35.1 Å². The first-order valence-electron chi connectivity index (χ1n) is 8.16. The second-order valence-electron chi connectivity index (χ2n) is 6.13. The number of carbonyl (C=O) groups is 2. The molecule has 2 aromatic rings. The highest BCUT2D eigenvalue weighted by Gasteiger charge is 2.32. The summed E-state index contributed by atoms with van der Waals surface area (Å²) < 4.78 is 19.1. The number of carboxylic acids is 1. The van der Waals surface area contributed by atoms with E-state index in [1.54, 1.807) is 13.8 Å². The van der Waals surface area contributed by atoms with Crippen LogP contribution in [0.25, 0.3) is 10.9 Å². The van der Waals surface area contributed by atoms with Crippen LogP contribution in [0.3, 0.4) is 0 Å². The van der Waals surface area contributed by atoms with E-state index in [4.69, 9.17) is 4.74 Å². The van der Waals surface area contributed by atoms with Crippen molar-refractivity contribution in [3.8, 4) is 0 Å². The number of halogens is 1. The maximum Gasteiger partial charge on any atom is 0.341 e. The molecule has 1 aliphatic rings. The standard InChI is InChI=1S/C18H19FN2O4/c1-3-25-18(24)14-8-20-15-10(2)6-12(19)7-13(15)16(14)21-5-4-11(9-21)17(22)23/h6-8,11H,3-5,9H2,1-2H3,(H,22,23). The Kier molecular flexibility index (Phi) is 4.57. The summed E-state index contributed by atoms with van der Waals surface area (Å²) in [6, 6.07) is 2.72. The van der Waals surface area contributed by atoms with Crippen molar-refractivity contribution in [3.63, 3.8) is 0 Å². The van der Waals surface area contributed by atoms with Gasteiger partial charge in [0, 0.05) is 24.7 Å². The molecular formula is C18H19FN2O4. The molecule has 1 fully saturated rings. The van der Waals surface area contributed by atoms with Crippen molar-refractivity contribution >= 4 is 28.5 Å². The van der Waals surface area contributed by atoms with Gasteiger partial charge in [0.2, 0.25) is 0 Å². The van der Waals surface area contributed by atoms with Crippen molar-refractivity contribution in [3.05, 3.63) is 35.3 Å². The number of esters is 1. The lowest BCUT2D eigenvalue weighted by molar-refractivity contribution is -0.140. The Morgan fingerprint density at radius 1 is 1.44 bits per heavy atom. The minimum absolute atomic E-state index is 0.205.